The highest BCUT2D eigenvalue weighted by Gasteiger charge is 2.60. The lowest BCUT2D eigenvalue weighted by Gasteiger charge is -2.34. The number of hydrogen-bond acceptors (Lipinski definition) is 6. The average molecular weight is 380 g/mol. The van der Waals surface area contributed by atoms with Crippen LogP contribution in [0.15, 0.2) is 0 Å². The number of hydrogen-bond donors (Lipinski definition) is 0. The topological polar surface area (TPSA) is 66.5 Å². The molecule has 6 nitrogen and oxygen atoms in total. The maximum absolute atomic E-state index is 11.2. The molecule has 5 aliphatic rings. The van der Waals surface area contributed by atoms with Crippen molar-refractivity contribution in [2.75, 3.05) is 6.61 Å². The highest BCUT2D eigenvalue weighted by atomic mass is 16.8. The minimum absolute atomic E-state index is 0.00590. The fourth-order valence-corrected chi connectivity index (χ4v) is 5.56. The Labute approximate surface area is 161 Å². The van der Waals surface area contributed by atoms with Crippen LogP contribution in [0, 0.1) is 5.92 Å². The molecule has 0 radical (unpaired) electrons. The summed E-state index contributed by atoms with van der Waals surface area (Å²) in [5.41, 5.74) is 0. The molecule has 3 saturated heterocycles. The van der Waals surface area contributed by atoms with Gasteiger partial charge in [0.05, 0.1) is 18.8 Å². The van der Waals surface area contributed by atoms with E-state index in [4.69, 9.17) is 23.7 Å². The number of carbonyl (C=O) groups is 1. The predicted molar refractivity (Wildman–Crippen MR) is 96.1 cm³/mol. The van der Waals surface area contributed by atoms with E-state index in [1.807, 2.05) is 0 Å². The molecule has 0 bridgehead atoms. The molecule has 5 rings (SSSR count). The molecule has 3 aliphatic heterocycles. The minimum atomic E-state index is -0.497. The van der Waals surface area contributed by atoms with Crippen LogP contribution in [-0.4, -0.2) is 55.0 Å². The first-order valence-electron chi connectivity index (χ1n) is 10.9. The molecule has 0 N–H and O–H groups in total. The fraction of sp³-hybridized carbons (Fsp3) is 0.952. The van der Waals surface area contributed by atoms with Gasteiger partial charge >= 0.3 is 0 Å². The minimum Gasteiger partial charge on any atom is -0.359 e. The van der Waals surface area contributed by atoms with Crippen LogP contribution in [0.1, 0.15) is 71.1 Å². The molecule has 152 valence electrons. The van der Waals surface area contributed by atoms with Gasteiger partial charge in [-0.1, -0.05) is 19.8 Å². The quantitative estimate of drug-likeness (QED) is 0.551. The molecule has 0 amide bonds. The van der Waals surface area contributed by atoms with Crippen molar-refractivity contribution in [1.82, 2.24) is 0 Å². The molecule has 3 heterocycles. The number of epoxide rings is 1. The Bertz CT molecular complexity index is 553. The monoisotopic (exact) mass is 380 g/mol. The number of rotatable bonds is 4. The summed E-state index contributed by atoms with van der Waals surface area (Å²) in [6.07, 6.45) is 11.0. The van der Waals surface area contributed by atoms with Gasteiger partial charge in [0, 0.05) is 31.6 Å². The van der Waals surface area contributed by atoms with Crippen molar-refractivity contribution in [3.05, 3.63) is 0 Å². The highest BCUT2D eigenvalue weighted by molar-refractivity contribution is 5.61. The molecule has 0 aromatic carbocycles. The van der Waals surface area contributed by atoms with Crippen LogP contribution in [0.4, 0.5) is 0 Å². The highest BCUT2D eigenvalue weighted by Crippen LogP contribution is 2.48. The number of carbonyl (C=O) groups excluding carboxylic acids is 1. The van der Waals surface area contributed by atoms with Crippen molar-refractivity contribution < 1.29 is 28.5 Å². The van der Waals surface area contributed by atoms with Crippen molar-refractivity contribution in [2.45, 2.75) is 113 Å². The number of aldehydes is 1. The predicted octanol–water partition coefficient (Wildman–Crippen LogP) is 3.11. The molecule has 27 heavy (non-hydrogen) atoms. The van der Waals surface area contributed by atoms with Crippen LogP contribution in [0.5, 0.6) is 0 Å². The van der Waals surface area contributed by atoms with Gasteiger partial charge in [-0.3, -0.25) is 0 Å². The van der Waals surface area contributed by atoms with Gasteiger partial charge in [-0.2, -0.15) is 0 Å². The first-order chi connectivity index (χ1) is 13.1. The maximum atomic E-state index is 11.2. The molecular formula is C21H32O6. The summed E-state index contributed by atoms with van der Waals surface area (Å²) in [6.45, 7) is 2.79. The SMILES string of the molecule is C[C@H]([C@H]1OC2(CCCCC2)O[C@H]1[C@H]1O[C@@H]1C=O)[C@H]1COC2(CCCCC2)O1. The molecule has 2 spiro atoms. The third kappa shape index (κ3) is 3.38. The zero-order valence-corrected chi connectivity index (χ0v) is 16.3. The summed E-state index contributed by atoms with van der Waals surface area (Å²) < 4.78 is 31.3. The normalized spacial score (nSPS) is 43.8. The summed E-state index contributed by atoms with van der Waals surface area (Å²) >= 11 is 0. The van der Waals surface area contributed by atoms with E-state index in [-0.39, 0.29) is 42.2 Å². The lowest BCUT2D eigenvalue weighted by Crippen LogP contribution is -2.42. The van der Waals surface area contributed by atoms with Crippen LogP contribution < -0.4 is 0 Å². The summed E-state index contributed by atoms with van der Waals surface area (Å²) in [6, 6.07) is 0. The maximum Gasteiger partial charge on any atom is 0.169 e. The van der Waals surface area contributed by atoms with Crippen LogP contribution in [0.2, 0.25) is 0 Å². The summed E-state index contributed by atoms with van der Waals surface area (Å²) in [5.74, 6) is -0.742. The first-order valence-corrected chi connectivity index (χ1v) is 10.9. The second kappa shape index (κ2) is 7.06. The van der Waals surface area contributed by atoms with Gasteiger partial charge in [-0.05, 0) is 25.7 Å². The number of ether oxygens (including phenoxy) is 5. The molecule has 6 atom stereocenters. The van der Waals surface area contributed by atoms with Gasteiger partial charge in [0.25, 0.3) is 0 Å². The zero-order chi connectivity index (χ0) is 18.5. The third-order valence-electron chi connectivity index (χ3n) is 7.26. The van der Waals surface area contributed by atoms with Crippen molar-refractivity contribution in [2.24, 2.45) is 5.92 Å². The van der Waals surface area contributed by atoms with Gasteiger partial charge in [0.1, 0.15) is 18.3 Å². The average Bonchev–Trinajstić information content (AvgIpc) is 3.26. The van der Waals surface area contributed by atoms with E-state index in [9.17, 15) is 4.79 Å². The Kier molecular flexibility index (Phi) is 4.84. The van der Waals surface area contributed by atoms with Crippen molar-refractivity contribution in [3.8, 4) is 0 Å². The second-order valence-electron chi connectivity index (χ2n) is 9.14. The van der Waals surface area contributed by atoms with Crippen molar-refractivity contribution in [1.29, 1.82) is 0 Å². The van der Waals surface area contributed by atoms with Crippen LogP contribution in [-0.2, 0) is 28.5 Å². The van der Waals surface area contributed by atoms with E-state index < -0.39 is 5.79 Å². The molecular weight excluding hydrogens is 348 g/mol. The molecule has 0 unspecified atom stereocenters. The third-order valence-corrected chi connectivity index (χ3v) is 7.26. The lowest BCUT2D eigenvalue weighted by atomic mass is 9.91. The Balaban J connectivity index is 1.31. The van der Waals surface area contributed by atoms with E-state index in [0.717, 1.165) is 44.8 Å². The first kappa shape index (κ1) is 18.5. The zero-order valence-electron chi connectivity index (χ0n) is 16.3. The Morgan fingerprint density at radius 1 is 0.852 bits per heavy atom. The van der Waals surface area contributed by atoms with E-state index >= 15 is 0 Å². The molecule has 2 saturated carbocycles. The van der Waals surface area contributed by atoms with Crippen LogP contribution >= 0.6 is 0 Å². The smallest absolute Gasteiger partial charge is 0.169 e. The molecule has 2 aliphatic carbocycles. The van der Waals surface area contributed by atoms with Gasteiger partial charge in [-0.15, -0.1) is 0 Å². The second-order valence-corrected chi connectivity index (χ2v) is 9.14. The molecule has 0 aromatic rings. The Hall–Kier alpha value is -0.530. The van der Waals surface area contributed by atoms with Gasteiger partial charge < -0.3 is 28.5 Å². The molecule has 5 fully saturated rings. The van der Waals surface area contributed by atoms with E-state index in [2.05, 4.69) is 6.92 Å². The molecule has 6 heteroatoms. The summed E-state index contributed by atoms with van der Waals surface area (Å²) in [7, 11) is 0. The van der Waals surface area contributed by atoms with Gasteiger partial charge in [-0.25, -0.2) is 0 Å². The molecule has 0 aromatic heterocycles. The van der Waals surface area contributed by atoms with Crippen molar-refractivity contribution >= 4 is 6.29 Å². The van der Waals surface area contributed by atoms with E-state index in [1.165, 1.54) is 25.7 Å². The standard InChI is InChI=1S/C21H32O6/c1-14(16-13-23-20(25-16)8-4-2-5-9-20)17-19(18-15(12-22)24-18)27-21(26-17)10-6-3-7-11-21/h12,14-19H,2-11,13H2,1H3/t14-,15+,16+,17+,18-,19+/m0/s1. The lowest BCUT2D eigenvalue weighted by molar-refractivity contribution is -0.208. The van der Waals surface area contributed by atoms with E-state index in [0.29, 0.717) is 6.61 Å². The Morgan fingerprint density at radius 3 is 2.15 bits per heavy atom. The van der Waals surface area contributed by atoms with Gasteiger partial charge in [0.15, 0.2) is 17.9 Å². The Morgan fingerprint density at radius 2 is 1.52 bits per heavy atom. The van der Waals surface area contributed by atoms with E-state index in [1.54, 1.807) is 0 Å². The fourth-order valence-electron chi connectivity index (χ4n) is 5.56. The van der Waals surface area contributed by atoms with Crippen LogP contribution in [0.3, 0.4) is 0 Å². The van der Waals surface area contributed by atoms with Gasteiger partial charge in [0.2, 0.25) is 0 Å². The largest absolute Gasteiger partial charge is 0.359 e. The summed E-state index contributed by atoms with van der Waals surface area (Å²) in [4.78, 5) is 11.2. The van der Waals surface area contributed by atoms with Crippen LogP contribution in [0.25, 0.3) is 0 Å². The summed E-state index contributed by atoms with van der Waals surface area (Å²) in [5, 5.41) is 0. The van der Waals surface area contributed by atoms with Crippen molar-refractivity contribution in [3.63, 3.8) is 0 Å².